The molecule has 0 radical (unpaired) electrons. The Morgan fingerprint density at radius 3 is 2.13 bits per heavy atom. The summed E-state index contributed by atoms with van der Waals surface area (Å²) in [6.07, 6.45) is 2.86. The van der Waals surface area contributed by atoms with Gasteiger partial charge in [-0.3, -0.25) is 0 Å². The second-order valence-electron chi connectivity index (χ2n) is 8.81. The number of aliphatic hydroxyl groups is 1. The molecule has 0 aromatic heterocycles. The topological polar surface area (TPSA) is 77.0 Å². The Hall–Kier alpha value is -2.41. The van der Waals surface area contributed by atoms with Crippen LogP contribution in [0.25, 0.3) is 11.1 Å². The van der Waals surface area contributed by atoms with Gasteiger partial charge in [0, 0.05) is 30.9 Å². The summed E-state index contributed by atoms with van der Waals surface area (Å²) < 4.78 is 17.4. The van der Waals surface area contributed by atoms with Crippen LogP contribution >= 0.6 is 0 Å². The van der Waals surface area contributed by atoms with Gasteiger partial charge in [0.2, 0.25) is 0 Å². The van der Waals surface area contributed by atoms with Crippen LogP contribution in [-0.4, -0.2) is 49.0 Å². The predicted octanol–water partition coefficient (Wildman–Crippen LogP) is 3.96. The number of hydrogen-bond acceptors (Lipinski definition) is 5. The number of fused-ring (bicyclic) bond motifs is 3. The number of aliphatic hydroxyl groups excluding tert-OH is 1. The Bertz CT molecular complexity index is 897. The van der Waals surface area contributed by atoms with Crippen molar-refractivity contribution in [2.24, 2.45) is 0 Å². The zero-order valence-electron chi connectivity index (χ0n) is 17.6. The lowest BCUT2D eigenvalue weighted by Crippen LogP contribution is -2.54. The lowest BCUT2D eigenvalue weighted by Gasteiger charge is -2.43. The Morgan fingerprint density at radius 1 is 0.968 bits per heavy atom. The molecular weight excluding hydrogens is 394 g/mol. The van der Waals surface area contributed by atoms with Crippen molar-refractivity contribution in [3.05, 3.63) is 59.7 Å². The van der Waals surface area contributed by atoms with Gasteiger partial charge in [0.1, 0.15) is 6.61 Å². The van der Waals surface area contributed by atoms with Crippen molar-refractivity contribution in [2.75, 3.05) is 26.4 Å². The Labute approximate surface area is 182 Å². The first-order valence-corrected chi connectivity index (χ1v) is 11.2. The molecule has 5 rings (SSSR count). The first kappa shape index (κ1) is 20.5. The van der Waals surface area contributed by atoms with Gasteiger partial charge >= 0.3 is 6.09 Å². The molecule has 0 atom stereocenters. The van der Waals surface area contributed by atoms with E-state index in [-0.39, 0.29) is 19.1 Å². The van der Waals surface area contributed by atoms with Crippen LogP contribution in [0.4, 0.5) is 4.79 Å². The van der Waals surface area contributed by atoms with Crippen molar-refractivity contribution in [1.82, 2.24) is 5.32 Å². The molecule has 1 spiro atoms. The van der Waals surface area contributed by atoms with Gasteiger partial charge in [0.05, 0.1) is 13.2 Å². The lowest BCUT2D eigenvalue weighted by atomic mass is 9.77. The van der Waals surface area contributed by atoms with Gasteiger partial charge in [-0.2, -0.15) is 0 Å². The molecule has 2 aliphatic carbocycles. The number of nitrogens with one attached hydrogen (secondary N) is 1. The van der Waals surface area contributed by atoms with E-state index in [9.17, 15) is 9.90 Å². The molecule has 164 valence electrons. The largest absolute Gasteiger partial charge is 0.449 e. The summed E-state index contributed by atoms with van der Waals surface area (Å²) in [6, 6.07) is 16.6. The van der Waals surface area contributed by atoms with Gasteiger partial charge in [-0.05, 0) is 41.5 Å². The molecule has 2 fully saturated rings. The Kier molecular flexibility index (Phi) is 5.46. The molecule has 0 unspecified atom stereocenters. The van der Waals surface area contributed by atoms with E-state index in [0.29, 0.717) is 45.3 Å². The molecule has 31 heavy (non-hydrogen) atoms. The summed E-state index contributed by atoms with van der Waals surface area (Å²) in [4.78, 5) is 12.8. The molecule has 2 aromatic rings. The average molecular weight is 424 g/mol. The zero-order chi connectivity index (χ0) is 21.3. The van der Waals surface area contributed by atoms with Crippen molar-refractivity contribution in [2.45, 2.75) is 49.3 Å². The molecule has 2 aromatic carbocycles. The number of rotatable bonds is 5. The van der Waals surface area contributed by atoms with E-state index in [1.807, 2.05) is 24.3 Å². The zero-order valence-corrected chi connectivity index (χ0v) is 17.6. The van der Waals surface area contributed by atoms with E-state index in [1.165, 1.54) is 22.3 Å². The maximum atomic E-state index is 12.8. The lowest BCUT2D eigenvalue weighted by molar-refractivity contribution is -0.186. The summed E-state index contributed by atoms with van der Waals surface area (Å²) >= 11 is 0. The average Bonchev–Trinajstić information content (AvgIpc) is 3.38. The molecule has 1 heterocycles. The molecule has 1 aliphatic heterocycles. The third kappa shape index (κ3) is 3.84. The number of hydrogen-bond donors (Lipinski definition) is 2. The summed E-state index contributed by atoms with van der Waals surface area (Å²) in [7, 11) is 0. The van der Waals surface area contributed by atoms with E-state index >= 15 is 0 Å². The quantitative estimate of drug-likeness (QED) is 0.761. The molecule has 2 N–H and O–H groups in total. The highest BCUT2D eigenvalue weighted by atomic mass is 16.7. The summed E-state index contributed by atoms with van der Waals surface area (Å²) in [5.74, 6) is -0.483. The van der Waals surface area contributed by atoms with E-state index in [0.717, 1.165) is 0 Å². The van der Waals surface area contributed by atoms with Crippen molar-refractivity contribution in [3.63, 3.8) is 0 Å². The van der Waals surface area contributed by atoms with Crippen molar-refractivity contribution in [3.8, 4) is 11.1 Å². The number of carbonyl (C=O) groups is 1. The third-order valence-corrected chi connectivity index (χ3v) is 7.08. The standard InChI is InChI=1S/C25H29NO5/c27-14-13-24(9-11-25(12-10-24)30-15-16-31-25)26-23(28)29-17-22-20-7-3-1-5-18(20)19-6-2-4-8-21(19)22/h1-8,22,27H,9-17H2,(H,26,28). The fourth-order valence-corrected chi connectivity index (χ4v) is 5.40. The van der Waals surface area contributed by atoms with Crippen molar-refractivity contribution in [1.29, 1.82) is 0 Å². The minimum Gasteiger partial charge on any atom is -0.449 e. The summed E-state index contributed by atoms with van der Waals surface area (Å²) in [5.41, 5.74) is 4.31. The highest BCUT2D eigenvalue weighted by molar-refractivity contribution is 5.79. The van der Waals surface area contributed by atoms with Gasteiger partial charge < -0.3 is 24.6 Å². The molecular formula is C25H29NO5. The smallest absolute Gasteiger partial charge is 0.407 e. The van der Waals surface area contributed by atoms with Crippen LogP contribution in [-0.2, 0) is 14.2 Å². The highest BCUT2D eigenvalue weighted by Gasteiger charge is 2.47. The van der Waals surface area contributed by atoms with E-state index < -0.39 is 17.4 Å². The molecule has 6 heteroatoms. The van der Waals surface area contributed by atoms with Crippen LogP contribution in [0.2, 0.25) is 0 Å². The number of benzene rings is 2. The van der Waals surface area contributed by atoms with Crippen LogP contribution < -0.4 is 5.32 Å². The normalized spacial score (nSPS) is 20.9. The van der Waals surface area contributed by atoms with Crippen LogP contribution in [0.15, 0.2) is 48.5 Å². The highest BCUT2D eigenvalue weighted by Crippen LogP contribution is 2.45. The summed E-state index contributed by atoms with van der Waals surface area (Å²) in [5, 5.41) is 12.7. The van der Waals surface area contributed by atoms with Gasteiger partial charge in [-0.1, -0.05) is 48.5 Å². The Balaban J connectivity index is 1.25. The summed E-state index contributed by atoms with van der Waals surface area (Å²) in [6.45, 7) is 1.53. The molecule has 1 saturated carbocycles. The second kappa shape index (κ2) is 8.26. The first-order chi connectivity index (χ1) is 15.1. The van der Waals surface area contributed by atoms with E-state index in [2.05, 4.69) is 29.6 Å². The molecule has 3 aliphatic rings. The number of carbonyl (C=O) groups excluding carboxylic acids is 1. The molecule has 6 nitrogen and oxygen atoms in total. The first-order valence-electron chi connectivity index (χ1n) is 11.2. The van der Waals surface area contributed by atoms with Crippen LogP contribution in [0.1, 0.15) is 49.1 Å². The fraction of sp³-hybridized carbons (Fsp3) is 0.480. The predicted molar refractivity (Wildman–Crippen MR) is 116 cm³/mol. The van der Waals surface area contributed by atoms with E-state index in [1.54, 1.807) is 0 Å². The monoisotopic (exact) mass is 423 g/mol. The SMILES string of the molecule is O=C(NC1(CCO)CCC2(CC1)OCCO2)OCC1c2ccccc2-c2ccccc21. The van der Waals surface area contributed by atoms with E-state index in [4.69, 9.17) is 14.2 Å². The third-order valence-electron chi connectivity index (χ3n) is 7.08. The van der Waals surface area contributed by atoms with Gasteiger partial charge in [0.15, 0.2) is 5.79 Å². The van der Waals surface area contributed by atoms with Crippen LogP contribution in [0.5, 0.6) is 0 Å². The Morgan fingerprint density at radius 2 is 1.55 bits per heavy atom. The number of alkyl carbamates (subject to hydrolysis) is 1. The van der Waals surface area contributed by atoms with Crippen LogP contribution in [0.3, 0.4) is 0 Å². The second-order valence-corrected chi connectivity index (χ2v) is 8.81. The molecule has 0 bridgehead atoms. The molecule has 1 saturated heterocycles. The van der Waals surface area contributed by atoms with Crippen molar-refractivity contribution >= 4 is 6.09 Å². The fourth-order valence-electron chi connectivity index (χ4n) is 5.40. The maximum Gasteiger partial charge on any atom is 0.407 e. The maximum absolute atomic E-state index is 12.8. The van der Waals surface area contributed by atoms with Gasteiger partial charge in [0.25, 0.3) is 0 Å². The number of amides is 1. The van der Waals surface area contributed by atoms with Crippen LogP contribution in [0, 0.1) is 0 Å². The minimum absolute atomic E-state index is 0.0123. The van der Waals surface area contributed by atoms with Crippen molar-refractivity contribution < 1.29 is 24.1 Å². The number of ether oxygens (including phenoxy) is 3. The van der Waals surface area contributed by atoms with Gasteiger partial charge in [-0.15, -0.1) is 0 Å². The molecule has 1 amide bonds. The van der Waals surface area contributed by atoms with Gasteiger partial charge in [-0.25, -0.2) is 4.79 Å². The minimum atomic E-state index is -0.512.